The highest BCUT2D eigenvalue weighted by atomic mass is 35.5. The molecule has 2 aliphatic heterocycles. The SMILES string of the molecule is COc1ccc2c(c1)CCOC21CCN(C(=O)c2nn(C)cc2Cl)CC1. The molecule has 6 nitrogen and oxygen atoms in total. The number of piperidine rings is 1. The van der Waals surface area contributed by atoms with E-state index in [1.165, 1.54) is 11.1 Å². The highest BCUT2D eigenvalue weighted by molar-refractivity contribution is 6.33. The Kier molecular flexibility index (Phi) is 4.40. The number of benzene rings is 1. The lowest BCUT2D eigenvalue weighted by Crippen LogP contribution is -2.48. The summed E-state index contributed by atoms with van der Waals surface area (Å²) < 4.78 is 13.2. The molecule has 0 atom stereocenters. The predicted molar refractivity (Wildman–Crippen MR) is 97.7 cm³/mol. The quantitative estimate of drug-likeness (QED) is 0.810. The predicted octanol–water partition coefficient (Wildman–Crippen LogP) is 2.79. The van der Waals surface area contributed by atoms with Crippen molar-refractivity contribution in [3.8, 4) is 5.75 Å². The number of nitrogens with zero attached hydrogens (tertiary/aromatic N) is 3. The number of likely N-dealkylation sites (tertiary alicyclic amines) is 1. The van der Waals surface area contributed by atoms with Gasteiger partial charge in [0.2, 0.25) is 0 Å². The molecule has 0 aliphatic carbocycles. The second-order valence-corrected chi connectivity index (χ2v) is 7.31. The largest absolute Gasteiger partial charge is 0.497 e. The zero-order valence-electron chi connectivity index (χ0n) is 15.0. The van der Waals surface area contributed by atoms with Gasteiger partial charge in [-0.25, -0.2) is 0 Å². The standard InChI is InChI=1S/C19H22ClN3O3/c1-22-12-16(20)17(21-22)18(24)23-8-6-19(7-9-23)15-4-3-14(25-2)11-13(15)5-10-26-19/h3-4,11-12H,5-10H2,1-2H3. The van der Waals surface area contributed by atoms with Gasteiger partial charge in [0.25, 0.3) is 5.91 Å². The molecule has 1 spiro atoms. The molecule has 0 bridgehead atoms. The average Bonchev–Trinajstić information content (AvgIpc) is 3.00. The van der Waals surface area contributed by atoms with E-state index in [9.17, 15) is 4.79 Å². The summed E-state index contributed by atoms with van der Waals surface area (Å²) in [6.45, 7) is 1.94. The van der Waals surface area contributed by atoms with E-state index < -0.39 is 0 Å². The summed E-state index contributed by atoms with van der Waals surface area (Å²) in [6, 6.07) is 6.20. The first-order chi connectivity index (χ1) is 12.5. The van der Waals surface area contributed by atoms with Gasteiger partial charge in [0.05, 0.1) is 24.3 Å². The molecule has 7 heteroatoms. The smallest absolute Gasteiger partial charge is 0.275 e. The van der Waals surface area contributed by atoms with Crippen LogP contribution in [-0.4, -0.2) is 47.4 Å². The number of rotatable bonds is 2. The summed E-state index contributed by atoms with van der Waals surface area (Å²) in [5, 5.41) is 4.59. The van der Waals surface area contributed by atoms with E-state index in [1.54, 1.807) is 25.0 Å². The van der Waals surface area contributed by atoms with E-state index in [4.69, 9.17) is 21.1 Å². The fraction of sp³-hybridized carbons (Fsp3) is 0.474. The average molecular weight is 376 g/mol. The Morgan fingerprint density at radius 1 is 1.35 bits per heavy atom. The van der Waals surface area contributed by atoms with Crippen LogP contribution in [0.2, 0.25) is 5.02 Å². The van der Waals surface area contributed by atoms with Gasteiger partial charge in [-0.2, -0.15) is 5.10 Å². The van der Waals surface area contributed by atoms with Crippen molar-refractivity contribution < 1.29 is 14.3 Å². The first-order valence-corrected chi connectivity index (χ1v) is 9.20. The summed E-state index contributed by atoms with van der Waals surface area (Å²) in [5.74, 6) is 0.759. The van der Waals surface area contributed by atoms with Crippen molar-refractivity contribution in [2.45, 2.75) is 24.9 Å². The second kappa shape index (κ2) is 6.59. The van der Waals surface area contributed by atoms with Crippen LogP contribution >= 0.6 is 11.6 Å². The Morgan fingerprint density at radius 3 is 2.77 bits per heavy atom. The number of halogens is 1. The van der Waals surface area contributed by atoms with Crippen molar-refractivity contribution in [3.05, 3.63) is 46.2 Å². The zero-order valence-corrected chi connectivity index (χ0v) is 15.8. The van der Waals surface area contributed by atoms with Gasteiger partial charge in [-0.05, 0) is 42.5 Å². The van der Waals surface area contributed by atoms with Crippen molar-refractivity contribution >= 4 is 17.5 Å². The van der Waals surface area contributed by atoms with Crippen LogP contribution in [0.15, 0.2) is 24.4 Å². The number of fused-ring (bicyclic) bond motifs is 2. The number of hydrogen-bond acceptors (Lipinski definition) is 4. The summed E-state index contributed by atoms with van der Waals surface area (Å²) in [4.78, 5) is 14.6. The molecule has 4 rings (SSSR count). The van der Waals surface area contributed by atoms with E-state index in [0.29, 0.717) is 30.4 Å². The van der Waals surface area contributed by atoms with Crippen LogP contribution in [0.1, 0.15) is 34.5 Å². The van der Waals surface area contributed by atoms with E-state index in [-0.39, 0.29) is 11.5 Å². The first kappa shape index (κ1) is 17.4. The zero-order chi connectivity index (χ0) is 18.3. The fourth-order valence-electron chi connectivity index (χ4n) is 4.02. The van der Waals surface area contributed by atoms with Crippen LogP contribution in [0.4, 0.5) is 0 Å². The number of methoxy groups -OCH3 is 1. The first-order valence-electron chi connectivity index (χ1n) is 8.82. The third-order valence-corrected chi connectivity index (χ3v) is 5.67. The molecule has 0 saturated carbocycles. The van der Waals surface area contributed by atoms with Crippen LogP contribution in [0.25, 0.3) is 0 Å². The molecule has 0 unspecified atom stereocenters. The van der Waals surface area contributed by atoms with E-state index in [1.807, 2.05) is 11.0 Å². The lowest BCUT2D eigenvalue weighted by atomic mass is 9.79. The lowest BCUT2D eigenvalue weighted by Gasteiger charge is -2.45. The van der Waals surface area contributed by atoms with Gasteiger partial charge >= 0.3 is 0 Å². The number of aryl methyl sites for hydroxylation is 1. The maximum absolute atomic E-state index is 12.7. The van der Waals surface area contributed by atoms with E-state index in [0.717, 1.165) is 25.0 Å². The Labute approximate surface area is 157 Å². The molecule has 1 saturated heterocycles. The second-order valence-electron chi connectivity index (χ2n) is 6.91. The monoisotopic (exact) mass is 375 g/mol. The maximum Gasteiger partial charge on any atom is 0.275 e. The number of aromatic nitrogens is 2. The molecule has 3 heterocycles. The molecular formula is C19H22ClN3O3. The van der Waals surface area contributed by atoms with Gasteiger partial charge in [-0.15, -0.1) is 0 Å². The van der Waals surface area contributed by atoms with Crippen molar-refractivity contribution in [3.63, 3.8) is 0 Å². The van der Waals surface area contributed by atoms with Gasteiger partial charge < -0.3 is 14.4 Å². The Morgan fingerprint density at radius 2 is 2.12 bits per heavy atom. The van der Waals surface area contributed by atoms with Crippen molar-refractivity contribution in [1.82, 2.24) is 14.7 Å². The van der Waals surface area contributed by atoms with Gasteiger partial charge in [0, 0.05) is 26.3 Å². The molecule has 138 valence electrons. The van der Waals surface area contributed by atoms with E-state index in [2.05, 4.69) is 17.2 Å². The minimum atomic E-state index is -0.315. The Hall–Kier alpha value is -2.05. The molecule has 0 radical (unpaired) electrons. The number of amides is 1. The Bertz CT molecular complexity index is 841. The summed E-state index contributed by atoms with van der Waals surface area (Å²) in [5.41, 5.74) is 2.51. The van der Waals surface area contributed by atoms with Crippen LogP contribution in [-0.2, 0) is 23.8 Å². The van der Waals surface area contributed by atoms with Crippen LogP contribution in [0.3, 0.4) is 0 Å². The molecule has 26 heavy (non-hydrogen) atoms. The molecule has 1 fully saturated rings. The van der Waals surface area contributed by atoms with Gasteiger partial charge in [-0.1, -0.05) is 17.7 Å². The van der Waals surface area contributed by atoms with Crippen LogP contribution in [0.5, 0.6) is 5.75 Å². The number of carbonyl (C=O) groups excluding carboxylic acids is 1. The molecule has 1 aromatic carbocycles. The summed E-state index contributed by atoms with van der Waals surface area (Å²) in [6.07, 6.45) is 4.07. The number of ether oxygens (including phenoxy) is 2. The normalized spacial score (nSPS) is 18.7. The van der Waals surface area contributed by atoms with Crippen LogP contribution in [0, 0.1) is 0 Å². The minimum Gasteiger partial charge on any atom is -0.497 e. The molecule has 2 aromatic rings. The number of carbonyl (C=O) groups is 1. The highest BCUT2D eigenvalue weighted by Crippen LogP contribution is 2.42. The van der Waals surface area contributed by atoms with E-state index >= 15 is 0 Å². The minimum absolute atomic E-state index is 0.115. The molecule has 0 N–H and O–H groups in total. The topological polar surface area (TPSA) is 56.6 Å². The summed E-state index contributed by atoms with van der Waals surface area (Å²) >= 11 is 6.13. The van der Waals surface area contributed by atoms with Gasteiger partial charge in [0.15, 0.2) is 5.69 Å². The Balaban J connectivity index is 1.54. The molecule has 1 aromatic heterocycles. The van der Waals surface area contributed by atoms with Crippen LogP contribution < -0.4 is 4.74 Å². The maximum atomic E-state index is 12.7. The van der Waals surface area contributed by atoms with Crippen molar-refractivity contribution in [2.24, 2.45) is 7.05 Å². The van der Waals surface area contributed by atoms with Crippen molar-refractivity contribution in [1.29, 1.82) is 0 Å². The van der Waals surface area contributed by atoms with Crippen molar-refractivity contribution in [2.75, 3.05) is 26.8 Å². The molecule has 2 aliphatic rings. The number of hydrogen-bond donors (Lipinski definition) is 0. The highest BCUT2D eigenvalue weighted by Gasteiger charge is 2.42. The third-order valence-electron chi connectivity index (χ3n) is 5.40. The molecule has 1 amide bonds. The molecular weight excluding hydrogens is 354 g/mol. The third kappa shape index (κ3) is 2.87. The van der Waals surface area contributed by atoms with Gasteiger partial charge in [-0.3, -0.25) is 9.48 Å². The summed E-state index contributed by atoms with van der Waals surface area (Å²) in [7, 11) is 3.44. The fourth-order valence-corrected chi connectivity index (χ4v) is 4.28. The van der Waals surface area contributed by atoms with Gasteiger partial charge in [0.1, 0.15) is 5.75 Å². The lowest BCUT2D eigenvalue weighted by molar-refractivity contribution is -0.0935.